The molecule has 4 fully saturated rings. The standard InChI is InChI=1S/C36H49N3O2/c1-31(2)16-18-36(30-39-38-29(41-30)23-12-20-37-21-13-23)19-17-34(6)24(25(36)22-31)8-9-27-33(5)14-11-28(40)32(3,4)26(33)10-15-35(27,34)7/h8,12-13,20-21,25-27H,9-11,14-19,22H2,1-7H3/t25-,26-,27+,33-,34+,35+,36-/m0/s1. The Labute approximate surface area is 246 Å². The molecule has 0 aromatic carbocycles. The number of hydrogen-bond acceptors (Lipinski definition) is 5. The van der Waals surface area contributed by atoms with Gasteiger partial charge in [-0.25, -0.2) is 0 Å². The molecule has 4 saturated carbocycles. The van der Waals surface area contributed by atoms with Crippen LogP contribution in [0.5, 0.6) is 0 Å². The SMILES string of the molecule is CC1(C)CC[C@]2(c3nnc(-c4ccncc4)o3)CC[C@]3(C)C(=CC[C@@H]4[C@@]5(C)CCC(=O)C(C)(C)[C@@H]5CC[C@]43C)[C@@H]2C1. The van der Waals surface area contributed by atoms with Crippen LogP contribution >= 0.6 is 0 Å². The van der Waals surface area contributed by atoms with E-state index >= 15 is 0 Å². The number of nitrogens with zero attached hydrogens (tertiary/aromatic N) is 3. The lowest BCUT2D eigenvalue weighted by atomic mass is 9.33. The second kappa shape index (κ2) is 8.63. The summed E-state index contributed by atoms with van der Waals surface area (Å²) in [6, 6.07) is 3.91. The summed E-state index contributed by atoms with van der Waals surface area (Å²) in [6.45, 7) is 17.2. The van der Waals surface area contributed by atoms with E-state index in [9.17, 15) is 4.79 Å². The van der Waals surface area contributed by atoms with Gasteiger partial charge in [0.25, 0.3) is 0 Å². The minimum atomic E-state index is -0.210. The summed E-state index contributed by atoms with van der Waals surface area (Å²) >= 11 is 0. The molecule has 220 valence electrons. The van der Waals surface area contributed by atoms with Crippen molar-refractivity contribution in [1.82, 2.24) is 15.2 Å². The van der Waals surface area contributed by atoms with E-state index in [0.717, 1.165) is 43.6 Å². The number of fused-ring (bicyclic) bond motifs is 7. The maximum Gasteiger partial charge on any atom is 0.247 e. The zero-order valence-corrected chi connectivity index (χ0v) is 26.3. The predicted molar refractivity (Wildman–Crippen MR) is 161 cm³/mol. The third kappa shape index (κ3) is 3.59. The van der Waals surface area contributed by atoms with E-state index in [1.165, 1.54) is 32.1 Å². The van der Waals surface area contributed by atoms with Crippen molar-refractivity contribution in [2.24, 2.45) is 44.8 Å². The molecule has 0 saturated heterocycles. The van der Waals surface area contributed by atoms with Crippen molar-refractivity contribution in [3.63, 3.8) is 0 Å². The molecule has 0 amide bonds. The van der Waals surface area contributed by atoms with Crippen molar-refractivity contribution in [2.45, 2.75) is 118 Å². The molecule has 2 heterocycles. The number of Topliss-reactive ketones (excluding diaryl/α,β-unsaturated/α-hetero) is 1. The molecule has 0 N–H and O–H groups in total. The number of carbonyl (C=O) groups excluding carboxylic acids is 1. The first-order chi connectivity index (χ1) is 19.3. The van der Waals surface area contributed by atoms with Crippen molar-refractivity contribution < 1.29 is 9.21 Å². The highest BCUT2D eigenvalue weighted by molar-refractivity contribution is 5.85. The summed E-state index contributed by atoms with van der Waals surface area (Å²) in [6.07, 6.45) is 17.3. The van der Waals surface area contributed by atoms with E-state index in [1.54, 1.807) is 18.0 Å². The highest BCUT2D eigenvalue weighted by atomic mass is 16.4. The molecule has 5 aliphatic carbocycles. The Morgan fingerprint density at radius 3 is 2.34 bits per heavy atom. The van der Waals surface area contributed by atoms with E-state index in [4.69, 9.17) is 9.52 Å². The summed E-state index contributed by atoms with van der Waals surface area (Å²) in [5.74, 6) is 3.46. The Kier molecular flexibility index (Phi) is 5.80. The number of rotatable bonds is 2. The lowest BCUT2D eigenvalue weighted by Crippen LogP contribution is -2.64. The van der Waals surface area contributed by atoms with Crippen molar-refractivity contribution in [1.29, 1.82) is 0 Å². The molecular formula is C36H49N3O2. The minimum Gasteiger partial charge on any atom is -0.420 e. The smallest absolute Gasteiger partial charge is 0.247 e. The summed E-state index contributed by atoms with van der Waals surface area (Å²) in [5, 5.41) is 9.36. The van der Waals surface area contributed by atoms with Gasteiger partial charge >= 0.3 is 0 Å². The van der Waals surface area contributed by atoms with Gasteiger partial charge in [0.05, 0.1) is 5.41 Å². The Morgan fingerprint density at radius 2 is 1.59 bits per heavy atom. The van der Waals surface area contributed by atoms with Gasteiger partial charge in [-0.1, -0.05) is 60.1 Å². The molecule has 5 nitrogen and oxygen atoms in total. The zero-order chi connectivity index (χ0) is 29.1. The summed E-state index contributed by atoms with van der Waals surface area (Å²) < 4.78 is 6.59. The third-order valence-electron chi connectivity index (χ3n) is 14.2. The van der Waals surface area contributed by atoms with E-state index in [0.29, 0.717) is 29.4 Å². The predicted octanol–water partition coefficient (Wildman–Crippen LogP) is 8.75. The van der Waals surface area contributed by atoms with Gasteiger partial charge in [0.2, 0.25) is 11.8 Å². The molecule has 5 heteroatoms. The average Bonchev–Trinajstić information content (AvgIpc) is 3.43. The monoisotopic (exact) mass is 555 g/mol. The molecule has 0 aliphatic heterocycles. The number of carbonyl (C=O) groups is 1. The maximum atomic E-state index is 13.1. The van der Waals surface area contributed by atoms with Crippen molar-refractivity contribution in [3.8, 4) is 11.5 Å². The maximum absolute atomic E-state index is 13.1. The normalized spacial score (nSPS) is 42.8. The van der Waals surface area contributed by atoms with Crippen LogP contribution in [-0.2, 0) is 10.2 Å². The van der Waals surface area contributed by atoms with Gasteiger partial charge < -0.3 is 4.42 Å². The molecule has 0 unspecified atom stereocenters. The van der Waals surface area contributed by atoms with Crippen LogP contribution in [0.1, 0.15) is 119 Å². The van der Waals surface area contributed by atoms with Crippen molar-refractivity contribution in [3.05, 3.63) is 42.1 Å². The van der Waals surface area contributed by atoms with Crippen LogP contribution in [0.3, 0.4) is 0 Å². The van der Waals surface area contributed by atoms with E-state index in [2.05, 4.69) is 64.6 Å². The lowest BCUT2D eigenvalue weighted by molar-refractivity contribution is -0.182. The van der Waals surface area contributed by atoms with Gasteiger partial charge in [-0.15, -0.1) is 10.2 Å². The molecular weight excluding hydrogens is 506 g/mol. The van der Waals surface area contributed by atoms with Crippen LogP contribution in [-0.4, -0.2) is 21.0 Å². The van der Waals surface area contributed by atoms with Gasteiger partial charge in [-0.2, -0.15) is 0 Å². The van der Waals surface area contributed by atoms with E-state index in [1.807, 2.05) is 12.1 Å². The first kappa shape index (κ1) is 27.5. The third-order valence-corrected chi connectivity index (χ3v) is 14.2. The zero-order valence-electron chi connectivity index (χ0n) is 26.3. The first-order valence-electron chi connectivity index (χ1n) is 16.3. The highest BCUT2D eigenvalue weighted by Crippen LogP contribution is 2.75. The molecule has 2 aromatic heterocycles. The minimum absolute atomic E-state index is 0.0946. The Hall–Kier alpha value is -2.30. The fourth-order valence-electron chi connectivity index (χ4n) is 11.5. The largest absolute Gasteiger partial charge is 0.420 e. The molecule has 5 aliphatic rings. The molecule has 7 rings (SSSR count). The van der Waals surface area contributed by atoms with Crippen molar-refractivity contribution in [2.75, 3.05) is 0 Å². The van der Waals surface area contributed by atoms with Crippen molar-refractivity contribution >= 4 is 5.78 Å². The van der Waals surface area contributed by atoms with Gasteiger partial charge in [0.15, 0.2) is 0 Å². The Balaban J connectivity index is 1.31. The van der Waals surface area contributed by atoms with E-state index in [-0.39, 0.29) is 32.5 Å². The number of ketones is 1. The topological polar surface area (TPSA) is 68.9 Å². The number of aromatic nitrogens is 3. The van der Waals surface area contributed by atoms with Crippen LogP contribution in [0.4, 0.5) is 0 Å². The number of pyridine rings is 1. The molecule has 0 radical (unpaired) electrons. The highest BCUT2D eigenvalue weighted by Gasteiger charge is 2.69. The fourth-order valence-corrected chi connectivity index (χ4v) is 11.5. The van der Waals surface area contributed by atoms with Crippen LogP contribution in [0.2, 0.25) is 0 Å². The van der Waals surface area contributed by atoms with Crippen LogP contribution in [0.25, 0.3) is 11.5 Å². The van der Waals surface area contributed by atoms with Gasteiger partial charge in [-0.05, 0) is 109 Å². The summed E-state index contributed by atoms with van der Waals surface area (Å²) in [7, 11) is 0. The molecule has 0 spiro atoms. The molecule has 2 aromatic rings. The number of hydrogen-bond donors (Lipinski definition) is 0. The lowest BCUT2D eigenvalue weighted by Gasteiger charge is -2.70. The number of allylic oxidation sites excluding steroid dienone is 2. The quantitative estimate of drug-likeness (QED) is 0.347. The molecule has 0 bridgehead atoms. The first-order valence-corrected chi connectivity index (χ1v) is 16.3. The van der Waals surface area contributed by atoms with E-state index < -0.39 is 0 Å². The molecule has 41 heavy (non-hydrogen) atoms. The van der Waals surface area contributed by atoms with Gasteiger partial charge in [-0.3, -0.25) is 9.78 Å². The van der Waals surface area contributed by atoms with Gasteiger partial charge in [0, 0.05) is 29.8 Å². The van der Waals surface area contributed by atoms with Gasteiger partial charge in [0.1, 0.15) is 5.78 Å². The van der Waals surface area contributed by atoms with Crippen LogP contribution in [0.15, 0.2) is 40.6 Å². The summed E-state index contributed by atoms with van der Waals surface area (Å²) in [4.78, 5) is 17.3. The van der Waals surface area contributed by atoms with Crippen LogP contribution in [0, 0.1) is 44.8 Å². The average molecular weight is 556 g/mol. The second-order valence-corrected chi connectivity index (χ2v) is 16.7. The Bertz CT molecular complexity index is 1410. The van der Waals surface area contributed by atoms with Crippen LogP contribution < -0.4 is 0 Å². The Morgan fingerprint density at radius 1 is 0.854 bits per heavy atom. The summed E-state index contributed by atoms with van der Waals surface area (Å²) in [5.41, 5.74) is 3.19. The second-order valence-electron chi connectivity index (χ2n) is 16.7. The molecule has 7 atom stereocenters. The fraction of sp³-hybridized carbons (Fsp3) is 0.722.